The normalized spacial score (nSPS) is 27.9. The Morgan fingerprint density at radius 1 is 0.878 bits per heavy atom. The molecule has 9 heteroatoms. The molecule has 7 atom stereocenters. The molecule has 4 N–H and O–H groups in total. The van der Waals surface area contributed by atoms with Gasteiger partial charge in [-0.2, -0.15) is 0 Å². The van der Waals surface area contributed by atoms with Crippen molar-refractivity contribution in [2.24, 2.45) is 5.92 Å². The number of aliphatic hydroxyl groups is 4. The van der Waals surface area contributed by atoms with Crippen molar-refractivity contribution in [2.45, 2.75) is 62.7 Å². The van der Waals surface area contributed by atoms with Gasteiger partial charge in [0.05, 0.1) is 24.7 Å². The second kappa shape index (κ2) is 12.2. The number of ether oxygens (including phenoxy) is 1. The summed E-state index contributed by atoms with van der Waals surface area (Å²) < 4.78 is 18.9. The van der Waals surface area contributed by atoms with Crippen LogP contribution in [0.3, 0.4) is 0 Å². The minimum absolute atomic E-state index is 0.0730. The van der Waals surface area contributed by atoms with Crippen molar-refractivity contribution >= 4 is 17.4 Å². The van der Waals surface area contributed by atoms with Crippen LogP contribution in [0.15, 0.2) is 72.8 Å². The Morgan fingerprint density at radius 2 is 1.51 bits per heavy atom. The van der Waals surface area contributed by atoms with E-state index in [9.17, 15) is 34.4 Å². The van der Waals surface area contributed by atoms with Crippen LogP contribution in [0.5, 0.6) is 0 Å². The van der Waals surface area contributed by atoms with Crippen molar-refractivity contribution in [2.75, 3.05) is 11.5 Å². The highest BCUT2D eigenvalue weighted by Gasteiger charge is 2.48. The Labute approximate surface area is 237 Å². The van der Waals surface area contributed by atoms with Gasteiger partial charge in [0, 0.05) is 24.1 Å². The average molecular weight is 564 g/mol. The van der Waals surface area contributed by atoms with Gasteiger partial charge in [0.2, 0.25) is 5.91 Å². The molecule has 0 aromatic heterocycles. The summed E-state index contributed by atoms with van der Waals surface area (Å²) in [6.45, 7) is 1.48. The van der Waals surface area contributed by atoms with Crippen LogP contribution in [0.4, 0.5) is 10.1 Å². The van der Waals surface area contributed by atoms with Crippen LogP contribution in [0, 0.1) is 18.7 Å². The molecule has 8 nitrogen and oxygen atoms in total. The van der Waals surface area contributed by atoms with Crippen LogP contribution in [0.2, 0.25) is 0 Å². The Balaban J connectivity index is 1.34. The smallest absolute Gasteiger partial charge is 0.233 e. The predicted octanol–water partition coefficient (Wildman–Crippen LogP) is 2.89. The van der Waals surface area contributed by atoms with Crippen LogP contribution >= 0.6 is 0 Å². The first kappa shape index (κ1) is 29.0. The van der Waals surface area contributed by atoms with E-state index in [1.807, 2.05) is 55.5 Å². The first-order valence-corrected chi connectivity index (χ1v) is 13.8. The number of rotatable bonds is 9. The minimum atomic E-state index is -1.44. The fourth-order valence-electron chi connectivity index (χ4n) is 5.70. The molecular formula is C32H34FNO7. The van der Waals surface area contributed by atoms with Gasteiger partial charge in [0.1, 0.15) is 30.2 Å². The van der Waals surface area contributed by atoms with Gasteiger partial charge in [-0.05, 0) is 60.9 Å². The number of nitrogens with zero attached hydrogens (tertiary/aromatic N) is 1. The van der Waals surface area contributed by atoms with Gasteiger partial charge >= 0.3 is 0 Å². The summed E-state index contributed by atoms with van der Waals surface area (Å²) in [5.74, 6) is -1.06. The molecule has 0 bridgehead atoms. The minimum Gasteiger partial charge on any atom is -0.394 e. The third-order valence-electron chi connectivity index (χ3n) is 8.12. The van der Waals surface area contributed by atoms with Gasteiger partial charge in [-0.15, -0.1) is 0 Å². The highest BCUT2D eigenvalue weighted by atomic mass is 19.1. The van der Waals surface area contributed by atoms with Gasteiger partial charge < -0.3 is 30.1 Å². The summed E-state index contributed by atoms with van der Waals surface area (Å²) in [5.41, 5.74) is 3.91. The number of benzene rings is 3. The highest BCUT2D eigenvalue weighted by molar-refractivity contribution is 6.04. The van der Waals surface area contributed by atoms with Gasteiger partial charge in [-0.25, -0.2) is 4.39 Å². The monoisotopic (exact) mass is 563 g/mol. The maximum atomic E-state index is 13.4. The largest absolute Gasteiger partial charge is 0.394 e. The van der Waals surface area contributed by atoms with E-state index in [1.165, 1.54) is 24.3 Å². The molecular weight excluding hydrogens is 529 g/mol. The Morgan fingerprint density at radius 3 is 2.15 bits per heavy atom. The molecule has 1 amide bonds. The first-order valence-electron chi connectivity index (χ1n) is 13.8. The molecule has 0 radical (unpaired) electrons. The van der Waals surface area contributed by atoms with Gasteiger partial charge in [-0.3, -0.25) is 9.59 Å². The number of aryl methyl sites for hydroxylation is 1. The molecule has 3 aromatic carbocycles. The number of ketones is 1. The molecule has 5 rings (SSSR count). The molecule has 2 fully saturated rings. The number of carbonyl (C=O) groups excluding carboxylic acids is 2. The first-order chi connectivity index (χ1) is 19.7. The van der Waals surface area contributed by atoms with E-state index in [0.717, 1.165) is 22.4 Å². The molecule has 0 aliphatic carbocycles. The van der Waals surface area contributed by atoms with Crippen LogP contribution in [-0.4, -0.2) is 69.2 Å². The van der Waals surface area contributed by atoms with Gasteiger partial charge in [-0.1, -0.05) is 42.0 Å². The summed E-state index contributed by atoms with van der Waals surface area (Å²) in [4.78, 5) is 27.9. The fourth-order valence-corrected chi connectivity index (χ4v) is 5.70. The SMILES string of the molecule is Cc1ccc(N2C(=O)[C@H](CCC(=O)c3ccc(F)cc3)[C@H]2c2ccc(C[C@@H]3O[C@H](CO)[C@@H](O)[C@H](O)[C@H]3O)cc2)cc1. The average Bonchev–Trinajstić information content (AvgIpc) is 2.98. The maximum Gasteiger partial charge on any atom is 0.233 e. The lowest BCUT2D eigenvalue weighted by Crippen LogP contribution is -2.59. The summed E-state index contributed by atoms with van der Waals surface area (Å²) >= 11 is 0. The predicted molar refractivity (Wildman–Crippen MR) is 149 cm³/mol. The van der Waals surface area contributed by atoms with E-state index in [4.69, 9.17) is 4.74 Å². The molecule has 2 aliphatic rings. The maximum absolute atomic E-state index is 13.4. The second-order valence-electron chi connectivity index (χ2n) is 10.9. The van der Waals surface area contributed by atoms with E-state index in [0.29, 0.717) is 12.0 Å². The van der Waals surface area contributed by atoms with E-state index >= 15 is 0 Å². The molecule has 3 aromatic rings. The van der Waals surface area contributed by atoms with Crippen LogP contribution in [0.1, 0.15) is 45.9 Å². The van der Waals surface area contributed by atoms with Crippen LogP contribution in [0.25, 0.3) is 0 Å². The van der Waals surface area contributed by atoms with Crippen molar-refractivity contribution in [1.82, 2.24) is 0 Å². The number of hydrogen-bond donors (Lipinski definition) is 4. The zero-order valence-corrected chi connectivity index (χ0v) is 22.6. The van der Waals surface area contributed by atoms with E-state index in [2.05, 4.69) is 0 Å². The van der Waals surface area contributed by atoms with Gasteiger partial charge in [0.25, 0.3) is 0 Å². The summed E-state index contributed by atoms with van der Waals surface area (Å²) in [7, 11) is 0. The molecule has 2 aliphatic heterocycles. The molecule has 2 heterocycles. The Hall–Kier alpha value is -3.47. The Kier molecular flexibility index (Phi) is 8.63. The molecule has 0 saturated carbocycles. The van der Waals surface area contributed by atoms with Crippen LogP contribution < -0.4 is 4.90 Å². The zero-order valence-electron chi connectivity index (χ0n) is 22.6. The van der Waals surface area contributed by atoms with E-state index in [1.54, 1.807) is 4.90 Å². The lowest BCUT2D eigenvalue weighted by molar-refractivity contribution is -0.228. The lowest BCUT2D eigenvalue weighted by Gasteiger charge is -2.47. The fraction of sp³-hybridized carbons (Fsp3) is 0.375. The lowest BCUT2D eigenvalue weighted by atomic mass is 9.78. The van der Waals surface area contributed by atoms with E-state index < -0.39 is 48.9 Å². The number of Topliss-reactive ketones (excluding diaryl/α,β-unsaturated/α-hetero) is 1. The zero-order chi connectivity index (χ0) is 29.3. The number of hydrogen-bond acceptors (Lipinski definition) is 7. The van der Waals surface area contributed by atoms with Crippen LogP contribution in [-0.2, 0) is 16.0 Å². The topological polar surface area (TPSA) is 128 Å². The highest BCUT2D eigenvalue weighted by Crippen LogP contribution is 2.46. The molecule has 216 valence electrons. The molecule has 41 heavy (non-hydrogen) atoms. The standard InChI is InChI=1S/C32H34FNO7/c1-18-2-12-23(13-3-18)34-28(24(32(34)40)14-15-25(36)20-8-10-22(33)11-9-20)21-6-4-19(5-7-21)16-26-29(37)31(39)30(38)27(17-35)41-26/h2-13,24,26-31,35,37-39H,14-17H2,1H3/t24-,26+,27-,28-,29+,30-,31-/m1/s1. The van der Waals surface area contributed by atoms with E-state index in [-0.39, 0.29) is 30.6 Å². The van der Waals surface area contributed by atoms with Crippen molar-refractivity contribution in [3.63, 3.8) is 0 Å². The third kappa shape index (κ3) is 5.95. The van der Waals surface area contributed by atoms with Gasteiger partial charge in [0.15, 0.2) is 5.78 Å². The number of aliphatic hydroxyl groups excluding tert-OH is 4. The summed E-state index contributed by atoms with van der Waals surface area (Å²) in [6.07, 6.45) is -5.24. The quantitative estimate of drug-likeness (QED) is 0.233. The van der Waals surface area contributed by atoms with Crippen molar-refractivity contribution < 1.29 is 39.1 Å². The number of carbonyl (C=O) groups is 2. The second-order valence-corrected chi connectivity index (χ2v) is 10.9. The Bertz CT molecular complexity index is 1360. The number of amides is 1. The summed E-state index contributed by atoms with van der Waals surface area (Å²) in [6, 6.07) is 20.3. The number of β-lactam (4-membered cyclic amide) rings is 1. The molecule has 2 saturated heterocycles. The molecule has 0 unspecified atom stereocenters. The van der Waals surface area contributed by atoms with Crippen molar-refractivity contribution in [3.8, 4) is 0 Å². The number of halogens is 1. The van der Waals surface area contributed by atoms with Crippen molar-refractivity contribution in [1.29, 1.82) is 0 Å². The number of anilines is 1. The molecule has 0 spiro atoms. The van der Waals surface area contributed by atoms with Crippen molar-refractivity contribution in [3.05, 3.63) is 101 Å². The third-order valence-corrected chi connectivity index (χ3v) is 8.12. The summed E-state index contributed by atoms with van der Waals surface area (Å²) in [5, 5.41) is 40.0.